The SMILES string of the molecule is CC(O)C(N)c1cccc2[nH]ccc12. The van der Waals surface area contributed by atoms with Crippen molar-refractivity contribution in [2.45, 2.75) is 19.1 Å². The highest BCUT2D eigenvalue weighted by Crippen LogP contribution is 2.23. The van der Waals surface area contributed by atoms with Crippen LogP contribution >= 0.6 is 0 Å². The van der Waals surface area contributed by atoms with Crippen LogP contribution in [0.3, 0.4) is 0 Å². The van der Waals surface area contributed by atoms with Crippen molar-refractivity contribution in [2.24, 2.45) is 5.73 Å². The quantitative estimate of drug-likeness (QED) is 0.672. The van der Waals surface area contributed by atoms with Gasteiger partial charge in [0, 0.05) is 17.1 Å². The minimum Gasteiger partial charge on any atom is -0.391 e. The number of nitrogens with one attached hydrogen (secondary N) is 1. The van der Waals surface area contributed by atoms with Gasteiger partial charge in [-0.05, 0) is 24.6 Å². The fraction of sp³-hybridized carbons (Fsp3) is 0.273. The molecule has 0 bridgehead atoms. The molecule has 0 fully saturated rings. The second kappa shape index (κ2) is 3.44. The lowest BCUT2D eigenvalue weighted by Crippen LogP contribution is -2.23. The van der Waals surface area contributed by atoms with Crippen LogP contribution < -0.4 is 5.73 Å². The highest BCUT2D eigenvalue weighted by atomic mass is 16.3. The smallest absolute Gasteiger partial charge is 0.0704 e. The Hall–Kier alpha value is -1.32. The van der Waals surface area contributed by atoms with E-state index in [-0.39, 0.29) is 6.04 Å². The minimum absolute atomic E-state index is 0.325. The second-order valence-corrected chi connectivity index (χ2v) is 3.55. The molecule has 2 rings (SSSR count). The van der Waals surface area contributed by atoms with Gasteiger partial charge in [0.2, 0.25) is 0 Å². The van der Waals surface area contributed by atoms with Crippen molar-refractivity contribution in [3.8, 4) is 0 Å². The van der Waals surface area contributed by atoms with Gasteiger partial charge in [-0.1, -0.05) is 12.1 Å². The number of aromatic amines is 1. The molecular weight excluding hydrogens is 176 g/mol. The molecule has 2 aromatic rings. The van der Waals surface area contributed by atoms with E-state index in [1.54, 1.807) is 6.92 Å². The molecule has 14 heavy (non-hydrogen) atoms. The van der Waals surface area contributed by atoms with Crippen LogP contribution in [0, 0.1) is 0 Å². The van der Waals surface area contributed by atoms with E-state index >= 15 is 0 Å². The fourth-order valence-electron chi connectivity index (χ4n) is 1.66. The molecule has 74 valence electrons. The van der Waals surface area contributed by atoms with E-state index in [0.29, 0.717) is 0 Å². The Kier molecular flexibility index (Phi) is 2.27. The van der Waals surface area contributed by atoms with E-state index in [1.165, 1.54) is 0 Å². The highest BCUT2D eigenvalue weighted by Gasteiger charge is 2.14. The third-order valence-electron chi connectivity index (χ3n) is 2.51. The zero-order chi connectivity index (χ0) is 10.1. The van der Waals surface area contributed by atoms with Crippen LogP contribution in [0.2, 0.25) is 0 Å². The lowest BCUT2D eigenvalue weighted by Gasteiger charge is -2.15. The van der Waals surface area contributed by atoms with Crippen LogP contribution in [0.5, 0.6) is 0 Å². The van der Waals surface area contributed by atoms with Crippen LogP contribution in [0.15, 0.2) is 30.5 Å². The van der Waals surface area contributed by atoms with E-state index in [4.69, 9.17) is 5.73 Å². The lowest BCUT2D eigenvalue weighted by atomic mass is 10.00. The number of nitrogens with two attached hydrogens (primary N) is 1. The zero-order valence-corrected chi connectivity index (χ0v) is 8.07. The Morgan fingerprint density at radius 3 is 2.86 bits per heavy atom. The Labute approximate surface area is 82.6 Å². The predicted molar refractivity (Wildman–Crippen MR) is 56.9 cm³/mol. The Bertz CT molecular complexity index is 434. The van der Waals surface area contributed by atoms with Crippen molar-refractivity contribution in [3.05, 3.63) is 36.0 Å². The van der Waals surface area contributed by atoms with Gasteiger partial charge in [0.15, 0.2) is 0 Å². The number of hydrogen-bond donors (Lipinski definition) is 3. The maximum atomic E-state index is 9.44. The predicted octanol–water partition coefficient (Wildman–Crippen LogP) is 1.55. The molecule has 1 aromatic carbocycles. The van der Waals surface area contributed by atoms with Gasteiger partial charge in [0.1, 0.15) is 0 Å². The summed E-state index contributed by atoms with van der Waals surface area (Å²) >= 11 is 0. The van der Waals surface area contributed by atoms with E-state index in [9.17, 15) is 5.11 Å². The van der Waals surface area contributed by atoms with E-state index in [2.05, 4.69) is 4.98 Å². The van der Waals surface area contributed by atoms with Crippen LogP contribution in [0.1, 0.15) is 18.5 Å². The molecule has 0 aliphatic rings. The Balaban J connectivity index is 2.56. The third-order valence-corrected chi connectivity index (χ3v) is 2.51. The van der Waals surface area contributed by atoms with Crippen molar-refractivity contribution in [2.75, 3.05) is 0 Å². The first-order valence-electron chi connectivity index (χ1n) is 4.70. The number of aliphatic hydroxyl groups excluding tert-OH is 1. The Morgan fingerprint density at radius 1 is 1.36 bits per heavy atom. The number of benzene rings is 1. The topological polar surface area (TPSA) is 62.0 Å². The third kappa shape index (κ3) is 1.41. The van der Waals surface area contributed by atoms with E-state index < -0.39 is 6.10 Å². The molecule has 1 aromatic heterocycles. The molecule has 0 aliphatic carbocycles. The standard InChI is InChI=1S/C11H14N2O/c1-7(14)11(12)9-3-2-4-10-8(9)5-6-13-10/h2-7,11,13-14H,12H2,1H3. The largest absolute Gasteiger partial charge is 0.391 e. The molecule has 0 radical (unpaired) electrons. The van der Waals surface area contributed by atoms with Crippen molar-refractivity contribution in [1.29, 1.82) is 0 Å². The van der Waals surface area contributed by atoms with Gasteiger partial charge in [0.05, 0.1) is 12.1 Å². The molecule has 1 heterocycles. The number of aromatic nitrogens is 1. The zero-order valence-electron chi connectivity index (χ0n) is 8.07. The van der Waals surface area contributed by atoms with E-state index in [1.807, 2.05) is 30.5 Å². The van der Waals surface area contributed by atoms with Crippen LogP contribution in [0.25, 0.3) is 10.9 Å². The molecule has 2 unspecified atom stereocenters. The van der Waals surface area contributed by atoms with Gasteiger partial charge in [-0.3, -0.25) is 0 Å². The molecule has 0 spiro atoms. The molecular formula is C11H14N2O. The maximum absolute atomic E-state index is 9.44. The first kappa shape index (κ1) is 9.24. The fourth-order valence-corrected chi connectivity index (χ4v) is 1.66. The molecule has 0 saturated heterocycles. The van der Waals surface area contributed by atoms with Crippen LogP contribution in [0.4, 0.5) is 0 Å². The summed E-state index contributed by atoms with van der Waals surface area (Å²) in [5.41, 5.74) is 7.94. The summed E-state index contributed by atoms with van der Waals surface area (Å²) in [5.74, 6) is 0. The van der Waals surface area contributed by atoms with Gasteiger partial charge in [-0.2, -0.15) is 0 Å². The monoisotopic (exact) mass is 190 g/mol. The molecule has 4 N–H and O–H groups in total. The summed E-state index contributed by atoms with van der Waals surface area (Å²) < 4.78 is 0. The summed E-state index contributed by atoms with van der Waals surface area (Å²) in [6, 6.07) is 7.54. The summed E-state index contributed by atoms with van der Waals surface area (Å²) in [4.78, 5) is 3.12. The van der Waals surface area contributed by atoms with Gasteiger partial charge in [-0.15, -0.1) is 0 Å². The number of aliphatic hydroxyl groups is 1. The molecule has 2 atom stereocenters. The van der Waals surface area contributed by atoms with Gasteiger partial charge in [0.25, 0.3) is 0 Å². The first-order chi connectivity index (χ1) is 6.70. The molecule has 3 heteroatoms. The number of H-pyrrole nitrogens is 1. The molecule has 3 nitrogen and oxygen atoms in total. The van der Waals surface area contributed by atoms with Crippen LogP contribution in [-0.4, -0.2) is 16.2 Å². The summed E-state index contributed by atoms with van der Waals surface area (Å²) in [5, 5.41) is 10.5. The summed E-state index contributed by atoms with van der Waals surface area (Å²) in [6.45, 7) is 1.70. The normalized spacial score (nSPS) is 15.6. The van der Waals surface area contributed by atoms with Crippen molar-refractivity contribution in [3.63, 3.8) is 0 Å². The average molecular weight is 190 g/mol. The highest BCUT2D eigenvalue weighted by molar-refractivity contribution is 5.83. The maximum Gasteiger partial charge on any atom is 0.0704 e. The summed E-state index contributed by atoms with van der Waals surface area (Å²) in [7, 11) is 0. The van der Waals surface area contributed by atoms with Gasteiger partial charge < -0.3 is 15.8 Å². The Morgan fingerprint density at radius 2 is 2.14 bits per heavy atom. The lowest BCUT2D eigenvalue weighted by molar-refractivity contribution is 0.165. The number of rotatable bonds is 2. The number of hydrogen-bond acceptors (Lipinski definition) is 2. The molecule has 0 amide bonds. The van der Waals surface area contributed by atoms with Crippen molar-refractivity contribution in [1.82, 2.24) is 4.98 Å². The van der Waals surface area contributed by atoms with Crippen molar-refractivity contribution >= 4 is 10.9 Å². The van der Waals surface area contributed by atoms with Crippen molar-refractivity contribution < 1.29 is 5.11 Å². The van der Waals surface area contributed by atoms with Gasteiger partial charge in [-0.25, -0.2) is 0 Å². The molecule has 0 aliphatic heterocycles. The second-order valence-electron chi connectivity index (χ2n) is 3.55. The van der Waals surface area contributed by atoms with Crippen LogP contribution in [-0.2, 0) is 0 Å². The first-order valence-corrected chi connectivity index (χ1v) is 4.70. The van der Waals surface area contributed by atoms with E-state index in [0.717, 1.165) is 16.5 Å². The summed E-state index contributed by atoms with van der Waals surface area (Å²) in [6.07, 6.45) is 1.35. The minimum atomic E-state index is -0.532. The van der Waals surface area contributed by atoms with Gasteiger partial charge >= 0.3 is 0 Å². The number of fused-ring (bicyclic) bond motifs is 1. The molecule has 0 saturated carbocycles. The average Bonchev–Trinajstić information content (AvgIpc) is 2.63.